The average molecular weight is 320 g/mol. The van der Waals surface area contributed by atoms with Gasteiger partial charge in [-0.1, -0.05) is 5.16 Å². The Morgan fingerprint density at radius 2 is 2.26 bits per heavy atom. The minimum Gasteiger partial charge on any atom is -0.381 e. The zero-order valence-electron chi connectivity index (χ0n) is 14.5. The molecular weight excluding hydrogens is 292 g/mol. The molecule has 0 radical (unpaired) electrons. The van der Waals surface area contributed by atoms with Crippen molar-refractivity contribution in [3.05, 3.63) is 17.0 Å². The number of hydrogen-bond acceptors (Lipinski definition) is 4. The fourth-order valence-corrected chi connectivity index (χ4v) is 3.74. The first-order chi connectivity index (χ1) is 11.1. The quantitative estimate of drug-likeness (QED) is 0.522. The fourth-order valence-electron chi connectivity index (χ4n) is 3.74. The van der Waals surface area contributed by atoms with Crippen LogP contribution in [0.2, 0.25) is 0 Å². The third kappa shape index (κ3) is 3.52. The molecule has 2 saturated heterocycles. The summed E-state index contributed by atoms with van der Waals surface area (Å²) >= 11 is 0. The van der Waals surface area contributed by atoms with E-state index < -0.39 is 0 Å². The largest absolute Gasteiger partial charge is 0.381 e. The minimum atomic E-state index is 0.369. The van der Waals surface area contributed by atoms with Gasteiger partial charge in [-0.05, 0) is 39.5 Å². The predicted molar refractivity (Wildman–Crippen MR) is 89.7 cm³/mol. The maximum absolute atomic E-state index is 5.60. The van der Waals surface area contributed by atoms with Crippen LogP contribution in [-0.4, -0.2) is 55.9 Å². The number of nitrogens with zero attached hydrogens (tertiary/aromatic N) is 3. The van der Waals surface area contributed by atoms with Gasteiger partial charge in [0.05, 0.1) is 12.3 Å². The monoisotopic (exact) mass is 320 g/mol. The summed E-state index contributed by atoms with van der Waals surface area (Å²) in [6.07, 6.45) is 4.44. The molecule has 2 fully saturated rings. The lowest BCUT2D eigenvalue weighted by Gasteiger charge is -2.24. The number of aryl methyl sites for hydroxylation is 2. The number of aliphatic imine (C=N–C) groups is 1. The Morgan fingerprint density at radius 1 is 1.39 bits per heavy atom. The summed E-state index contributed by atoms with van der Waals surface area (Å²) in [5.74, 6) is 1.96. The predicted octanol–water partition coefficient (Wildman–Crippen LogP) is 1.91. The second kappa shape index (κ2) is 6.91. The molecule has 0 bridgehead atoms. The standard InChI is InChI=1S/C17H28N4O2/c1-13-15(14(2)23-20-13)5-4-8-19-16(18-3)21-9-6-17(11-21)7-10-22-12-17/h4-12H2,1-3H3,(H,18,19). The molecule has 3 rings (SSSR count). The smallest absolute Gasteiger partial charge is 0.193 e. The van der Waals surface area contributed by atoms with Crippen molar-refractivity contribution in [1.82, 2.24) is 15.4 Å². The highest BCUT2D eigenvalue weighted by atomic mass is 16.5. The molecule has 2 aliphatic heterocycles. The maximum atomic E-state index is 5.60. The first-order valence-corrected chi connectivity index (χ1v) is 8.59. The van der Waals surface area contributed by atoms with E-state index in [0.29, 0.717) is 5.41 Å². The Labute approximate surface area is 138 Å². The van der Waals surface area contributed by atoms with Gasteiger partial charge in [0.2, 0.25) is 0 Å². The Bertz CT molecular complexity index is 541. The first-order valence-electron chi connectivity index (χ1n) is 8.59. The van der Waals surface area contributed by atoms with Crippen molar-refractivity contribution in [3.63, 3.8) is 0 Å². The van der Waals surface area contributed by atoms with Crippen molar-refractivity contribution in [3.8, 4) is 0 Å². The molecule has 128 valence electrons. The van der Waals surface area contributed by atoms with E-state index in [9.17, 15) is 0 Å². The van der Waals surface area contributed by atoms with Crippen LogP contribution >= 0.6 is 0 Å². The van der Waals surface area contributed by atoms with Crippen molar-refractivity contribution >= 4 is 5.96 Å². The summed E-state index contributed by atoms with van der Waals surface area (Å²) in [4.78, 5) is 6.83. The second-order valence-corrected chi connectivity index (χ2v) is 6.85. The Balaban J connectivity index is 1.45. The van der Waals surface area contributed by atoms with E-state index in [1.165, 1.54) is 18.4 Å². The van der Waals surface area contributed by atoms with Crippen LogP contribution in [-0.2, 0) is 11.2 Å². The van der Waals surface area contributed by atoms with Crippen molar-refractivity contribution in [2.45, 2.75) is 39.5 Å². The number of rotatable bonds is 4. The van der Waals surface area contributed by atoms with Gasteiger partial charge in [0, 0.05) is 44.3 Å². The molecule has 6 heteroatoms. The molecule has 6 nitrogen and oxygen atoms in total. The lowest BCUT2D eigenvalue weighted by atomic mass is 9.87. The highest BCUT2D eigenvalue weighted by Crippen LogP contribution is 2.38. The zero-order chi connectivity index (χ0) is 16.3. The number of guanidine groups is 1. The van der Waals surface area contributed by atoms with Crippen LogP contribution in [0.5, 0.6) is 0 Å². The Kier molecular flexibility index (Phi) is 4.90. The van der Waals surface area contributed by atoms with Gasteiger partial charge in [-0.25, -0.2) is 0 Å². The topological polar surface area (TPSA) is 62.9 Å². The molecule has 0 amide bonds. The molecule has 3 heterocycles. The zero-order valence-corrected chi connectivity index (χ0v) is 14.5. The highest BCUT2D eigenvalue weighted by Gasteiger charge is 2.42. The molecular formula is C17H28N4O2. The van der Waals surface area contributed by atoms with Crippen molar-refractivity contribution in [1.29, 1.82) is 0 Å². The summed E-state index contributed by atoms with van der Waals surface area (Å²) in [5, 5.41) is 7.51. The van der Waals surface area contributed by atoms with Gasteiger partial charge in [-0.2, -0.15) is 0 Å². The summed E-state index contributed by atoms with van der Waals surface area (Å²) < 4.78 is 10.8. The lowest BCUT2D eigenvalue weighted by Crippen LogP contribution is -2.41. The molecule has 1 spiro atoms. The van der Waals surface area contributed by atoms with Crippen LogP contribution < -0.4 is 5.32 Å². The van der Waals surface area contributed by atoms with Gasteiger partial charge in [-0.15, -0.1) is 0 Å². The van der Waals surface area contributed by atoms with Gasteiger partial charge in [-0.3, -0.25) is 4.99 Å². The van der Waals surface area contributed by atoms with E-state index in [1.54, 1.807) is 0 Å². The van der Waals surface area contributed by atoms with E-state index in [4.69, 9.17) is 9.26 Å². The van der Waals surface area contributed by atoms with E-state index >= 15 is 0 Å². The molecule has 0 saturated carbocycles. The van der Waals surface area contributed by atoms with Crippen LogP contribution in [0.25, 0.3) is 0 Å². The number of hydrogen-bond donors (Lipinski definition) is 1. The highest BCUT2D eigenvalue weighted by molar-refractivity contribution is 5.80. The SMILES string of the molecule is CN=C(NCCCc1c(C)noc1C)N1CCC2(CCOC2)C1. The Hall–Kier alpha value is -1.56. The van der Waals surface area contributed by atoms with Crippen molar-refractivity contribution < 1.29 is 9.26 Å². The molecule has 1 aromatic rings. The summed E-state index contributed by atoms with van der Waals surface area (Å²) in [7, 11) is 1.87. The second-order valence-electron chi connectivity index (χ2n) is 6.85. The molecule has 23 heavy (non-hydrogen) atoms. The summed E-state index contributed by atoms with van der Waals surface area (Å²) in [5.41, 5.74) is 2.62. The normalized spacial score (nSPS) is 24.8. The van der Waals surface area contributed by atoms with E-state index in [0.717, 1.165) is 63.1 Å². The van der Waals surface area contributed by atoms with E-state index in [2.05, 4.69) is 20.4 Å². The minimum absolute atomic E-state index is 0.369. The number of likely N-dealkylation sites (tertiary alicyclic amines) is 1. The molecule has 1 unspecified atom stereocenters. The van der Waals surface area contributed by atoms with Gasteiger partial charge < -0.3 is 19.5 Å². The van der Waals surface area contributed by atoms with Gasteiger partial charge >= 0.3 is 0 Å². The number of aromatic nitrogens is 1. The van der Waals surface area contributed by atoms with Crippen molar-refractivity contribution in [2.24, 2.45) is 10.4 Å². The third-order valence-electron chi connectivity index (χ3n) is 5.20. The lowest BCUT2D eigenvalue weighted by molar-refractivity contribution is 0.156. The average Bonchev–Trinajstić information content (AvgIpc) is 3.25. The van der Waals surface area contributed by atoms with Gasteiger partial charge in [0.25, 0.3) is 0 Å². The Morgan fingerprint density at radius 3 is 2.91 bits per heavy atom. The summed E-state index contributed by atoms with van der Waals surface area (Å²) in [6.45, 7) is 8.87. The molecule has 2 aliphatic rings. The number of nitrogens with one attached hydrogen (secondary N) is 1. The first kappa shape index (κ1) is 16.3. The van der Waals surface area contributed by atoms with Crippen LogP contribution in [0.1, 0.15) is 36.3 Å². The van der Waals surface area contributed by atoms with Crippen LogP contribution in [0.3, 0.4) is 0 Å². The molecule has 1 atom stereocenters. The van der Waals surface area contributed by atoms with Crippen LogP contribution in [0.4, 0.5) is 0 Å². The van der Waals surface area contributed by atoms with E-state index in [-0.39, 0.29) is 0 Å². The maximum Gasteiger partial charge on any atom is 0.193 e. The summed E-state index contributed by atoms with van der Waals surface area (Å²) in [6, 6.07) is 0. The van der Waals surface area contributed by atoms with Crippen molar-refractivity contribution in [2.75, 3.05) is 39.9 Å². The van der Waals surface area contributed by atoms with Crippen LogP contribution in [0.15, 0.2) is 9.52 Å². The molecule has 0 aliphatic carbocycles. The van der Waals surface area contributed by atoms with Gasteiger partial charge in [0.1, 0.15) is 5.76 Å². The van der Waals surface area contributed by atoms with Crippen LogP contribution in [0, 0.1) is 19.3 Å². The molecule has 1 aromatic heterocycles. The third-order valence-corrected chi connectivity index (χ3v) is 5.20. The fraction of sp³-hybridized carbons (Fsp3) is 0.765. The van der Waals surface area contributed by atoms with E-state index in [1.807, 2.05) is 20.9 Å². The molecule has 0 aromatic carbocycles. The van der Waals surface area contributed by atoms with Gasteiger partial charge in [0.15, 0.2) is 5.96 Å². The number of ether oxygens (including phenoxy) is 1. The molecule has 1 N–H and O–H groups in total.